The summed E-state index contributed by atoms with van der Waals surface area (Å²) < 4.78 is 19.8. The van der Waals surface area contributed by atoms with Crippen molar-refractivity contribution in [1.82, 2.24) is 0 Å². The van der Waals surface area contributed by atoms with Crippen LogP contribution in [0.1, 0.15) is 81.6 Å². The lowest BCUT2D eigenvalue weighted by Crippen LogP contribution is -2.47. The minimum atomic E-state index is -1.92. The van der Waals surface area contributed by atoms with E-state index in [9.17, 15) is 5.11 Å². The maximum absolute atomic E-state index is 11.1. The maximum atomic E-state index is 11.1. The second kappa shape index (κ2) is 9.91. The second-order valence-corrected chi connectivity index (χ2v) is 19.2. The van der Waals surface area contributed by atoms with E-state index >= 15 is 0 Å². The SMILES string of the molecule is CC#CC(C)(C)C(C)[C@H](O)/C=C/[C@@H]1[C@H]2CC3(C[C@H]2C[C@H]1O[Si](C)(C)C(C)(C)C)OCC(C)(C)CO3. The Bertz CT molecular complexity index is 831. The molecule has 0 aromatic heterocycles. The van der Waals surface area contributed by atoms with Gasteiger partial charge in [-0.2, -0.15) is 0 Å². The Balaban J connectivity index is 1.82. The fourth-order valence-corrected chi connectivity index (χ4v) is 7.16. The van der Waals surface area contributed by atoms with Crippen molar-refractivity contribution in [2.45, 2.75) is 118 Å². The van der Waals surface area contributed by atoms with E-state index < -0.39 is 20.2 Å². The van der Waals surface area contributed by atoms with E-state index in [1.807, 2.05) is 13.0 Å². The molecule has 0 aromatic rings. The van der Waals surface area contributed by atoms with Crippen molar-refractivity contribution in [2.75, 3.05) is 13.2 Å². The van der Waals surface area contributed by atoms with Gasteiger partial charge in [0.05, 0.1) is 25.4 Å². The van der Waals surface area contributed by atoms with Crippen LogP contribution in [-0.2, 0) is 13.9 Å². The molecule has 1 unspecified atom stereocenters. The third-order valence-electron chi connectivity index (χ3n) is 9.52. The molecule has 0 bridgehead atoms. The molecule has 2 aliphatic carbocycles. The first kappa shape index (κ1) is 28.9. The molecule has 0 amide bonds. The smallest absolute Gasteiger partial charge is 0.192 e. The van der Waals surface area contributed by atoms with Gasteiger partial charge in [-0.05, 0) is 57.2 Å². The zero-order valence-electron chi connectivity index (χ0n) is 24.3. The summed E-state index contributed by atoms with van der Waals surface area (Å²) in [5.74, 6) is 7.13. The van der Waals surface area contributed by atoms with Crippen LogP contribution in [-0.4, -0.2) is 44.6 Å². The van der Waals surface area contributed by atoms with Crippen molar-refractivity contribution in [3.05, 3.63) is 12.2 Å². The first-order valence-electron chi connectivity index (χ1n) is 13.7. The molecule has 4 nitrogen and oxygen atoms in total. The van der Waals surface area contributed by atoms with Crippen molar-refractivity contribution >= 4 is 8.32 Å². The highest BCUT2D eigenvalue weighted by atomic mass is 28.4. The lowest BCUT2D eigenvalue weighted by atomic mass is 9.77. The first-order valence-corrected chi connectivity index (χ1v) is 16.6. The summed E-state index contributed by atoms with van der Waals surface area (Å²) in [6.45, 7) is 25.7. The van der Waals surface area contributed by atoms with Gasteiger partial charge in [0.25, 0.3) is 0 Å². The molecule has 200 valence electrons. The van der Waals surface area contributed by atoms with Gasteiger partial charge in [-0.1, -0.05) is 59.6 Å². The fraction of sp³-hybridized carbons (Fsp3) is 0.867. The van der Waals surface area contributed by atoms with E-state index in [1.165, 1.54) is 0 Å². The van der Waals surface area contributed by atoms with Gasteiger partial charge in [-0.25, -0.2) is 0 Å². The standard InChI is InChI=1S/C30H52O4Si/c1-12-15-29(8,9)21(2)25(31)14-13-23-24-18-30(32-19-28(6,7)20-33-30)17-22(24)16-26(23)34-35(10,11)27(3,4)5/h13-14,21-26,31H,16-20H2,1-11H3/b14-13+/t21?,22-,23-,24+,25-,26-/m1/s1. The van der Waals surface area contributed by atoms with Crippen LogP contribution < -0.4 is 0 Å². The number of aliphatic hydroxyl groups excluding tert-OH is 1. The molecule has 1 saturated heterocycles. The van der Waals surface area contributed by atoms with Gasteiger partial charge in [0.2, 0.25) is 0 Å². The summed E-state index contributed by atoms with van der Waals surface area (Å²) in [6, 6.07) is 0. The molecule has 3 fully saturated rings. The summed E-state index contributed by atoms with van der Waals surface area (Å²) >= 11 is 0. The fourth-order valence-electron chi connectivity index (χ4n) is 5.79. The van der Waals surface area contributed by atoms with Crippen LogP contribution in [0.2, 0.25) is 18.1 Å². The molecule has 35 heavy (non-hydrogen) atoms. The van der Waals surface area contributed by atoms with Crippen molar-refractivity contribution in [3.63, 3.8) is 0 Å². The van der Waals surface area contributed by atoms with E-state index in [-0.39, 0.29) is 33.8 Å². The maximum Gasteiger partial charge on any atom is 0.192 e. The minimum absolute atomic E-state index is 0.0327. The third kappa shape index (κ3) is 6.26. The van der Waals surface area contributed by atoms with Crippen molar-refractivity contribution in [2.24, 2.45) is 34.5 Å². The highest BCUT2D eigenvalue weighted by Crippen LogP contribution is 2.57. The molecule has 1 N–H and O–H groups in total. The van der Waals surface area contributed by atoms with E-state index in [2.05, 4.69) is 86.4 Å². The largest absolute Gasteiger partial charge is 0.413 e. The van der Waals surface area contributed by atoms with Gasteiger partial charge in [-0.15, -0.1) is 5.92 Å². The summed E-state index contributed by atoms with van der Waals surface area (Å²) in [5, 5.41) is 11.3. The topological polar surface area (TPSA) is 47.9 Å². The lowest BCUT2D eigenvalue weighted by molar-refractivity contribution is -0.298. The second-order valence-electron chi connectivity index (χ2n) is 14.5. The third-order valence-corrected chi connectivity index (χ3v) is 14.0. The molecule has 3 rings (SSSR count). The molecule has 0 aromatic carbocycles. The zero-order chi connectivity index (χ0) is 26.4. The zero-order valence-corrected chi connectivity index (χ0v) is 25.3. The van der Waals surface area contributed by atoms with Crippen molar-refractivity contribution in [3.8, 4) is 11.8 Å². The van der Waals surface area contributed by atoms with E-state index in [0.717, 1.165) is 32.5 Å². The Morgan fingerprint density at radius 3 is 2.23 bits per heavy atom. The first-order chi connectivity index (χ1) is 15.9. The highest BCUT2D eigenvalue weighted by molar-refractivity contribution is 6.74. The summed E-state index contributed by atoms with van der Waals surface area (Å²) in [6.07, 6.45) is 6.84. The van der Waals surface area contributed by atoms with Crippen LogP contribution in [0.15, 0.2) is 12.2 Å². The number of hydrogen-bond acceptors (Lipinski definition) is 4. The van der Waals surface area contributed by atoms with Gasteiger partial charge in [0.15, 0.2) is 14.1 Å². The number of hydrogen-bond donors (Lipinski definition) is 1. The molecule has 0 radical (unpaired) electrons. The molecule has 1 spiro atoms. The van der Waals surface area contributed by atoms with Crippen LogP contribution >= 0.6 is 0 Å². The Morgan fingerprint density at radius 2 is 1.69 bits per heavy atom. The molecule has 2 saturated carbocycles. The molecule has 1 heterocycles. The number of aliphatic hydroxyl groups is 1. The Kier molecular flexibility index (Phi) is 8.19. The van der Waals surface area contributed by atoms with Crippen LogP contribution in [0.25, 0.3) is 0 Å². The summed E-state index contributed by atoms with van der Waals surface area (Å²) in [5.41, 5.74) is -0.174. The summed E-state index contributed by atoms with van der Waals surface area (Å²) in [4.78, 5) is 0. The predicted molar refractivity (Wildman–Crippen MR) is 146 cm³/mol. The van der Waals surface area contributed by atoms with Gasteiger partial charge in [0.1, 0.15) is 0 Å². The van der Waals surface area contributed by atoms with Crippen LogP contribution in [0.4, 0.5) is 0 Å². The number of rotatable bonds is 6. The predicted octanol–water partition coefficient (Wildman–Crippen LogP) is 6.79. The molecular formula is C30H52O4Si. The van der Waals surface area contributed by atoms with Crippen LogP contribution in [0.5, 0.6) is 0 Å². The van der Waals surface area contributed by atoms with Crippen molar-refractivity contribution in [1.29, 1.82) is 0 Å². The molecular weight excluding hydrogens is 452 g/mol. The molecule has 1 aliphatic heterocycles. The average molecular weight is 505 g/mol. The van der Waals surface area contributed by atoms with Crippen LogP contribution in [0, 0.1) is 46.3 Å². The highest BCUT2D eigenvalue weighted by Gasteiger charge is 2.58. The molecule has 6 atom stereocenters. The van der Waals surface area contributed by atoms with Crippen molar-refractivity contribution < 1.29 is 19.0 Å². The number of ether oxygens (including phenoxy) is 2. The monoisotopic (exact) mass is 504 g/mol. The number of fused-ring (bicyclic) bond motifs is 1. The quantitative estimate of drug-likeness (QED) is 0.246. The van der Waals surface area contributed by atoms with E-state index in [1.54, 1.807) is 0 Å². The van der Waals surface area contributed by atoms with Gasteiger partial charge in [0, 0.05) is 35.5 Å². The van der Waals surface area contributed by atoms with Gasteiger partial charge >= 0.3 is 0 Å². The Labute approximate surface area is 216 Å². The lowest BCUT2D eigenvalue weighted by Gasteiger charge is -2.43. The van der Waals surface area contributed by atoms with Crippen LogP contribution in [0.3, 0.4) is 0 Å². The van der Waals surface area contributed by atoms with Gasteiger partial charge in [-0.3, -0.25) is 0 Å². The summed E-state index contributed by atoms with van der Waals surface area (Å²) in [7, 11) is -1.92. The molecule has 5 heteroatoms. The normalized spacial score (nSPS) is 32.3. The average Bonchev–Trinajstić information content (AvgIpc) is 3.21. The van der Waals surface area contributed by atoms with Gasteiger partial charge < -0.3 is 19.0 Å². The Hall–Kier alpha value is -0.643. The molecule has 3 aliphatic rings. The van der Waals surface area contributed by atoms with E-state index in [4.69, 9.17) is 13.9 Å². The minimum Gasteiger partial charge on any atom is -0.413 e. The Morgan fingerprint density at radius 1 is 1.09 bits per heavy atom. The van der Waals surface area contributed by atoms with E-state index in [0.29, 0.717) is 11.8 Å².